The molecule has 3 rings (SSSR count). The molecule has 24 heavy (non-hydrogen) atoms. The average molecular weight is 385 g/mol. The summed E-state index contributed by atoms with van der Waals surface area (Å²) in [6, 6.07) is 10.4. The second-order valence-corrected chi connectivity index (χ2v) is 9.47. The zero-order valence-electron chi connectivity index (χ0n) is 13.1. The van der Waals surface area contributed by atoms with Gasteiger partial charge >= 0.3 is 0 Å². The van der Waals surface area contributed by atoms with Crippen LogP contribution >= 0.6 is 22.9 Å². The van der Waals surface area contributed by atoms with E-state index in [0.717, 1.165) is 4.88 Å². The van der Waals surface area contributed by atoms with Crippen molar-refractivity contribution in [2.24, 2.45) is 0 Å². The Kier molecular flexibility index (Phi) is 4.85. The summed E-state index contributed by atoms with van der Waals surface area (Å²) < 4.78 is 26.0. The normalized spacial score (nSPS) is 16.3. The standard InChI is InChI=1S/C16H17ClN2O3S2/c1-18(11-14-7-8-15(17)23-14)16(20)12-3-5-13(6-4-12)19-9-2-10-24(19,21)22/h3-8H,2,9-11H2,1H3. The molecule has 1 saturated heterocycles. The Hall–Kier alpha value is -1.57. The molecule has 1 aliphatic rings. The number of hydrogen-bond acceptors (Lipinski definition) is 4. The highest BCUT2D eigenvalue weighted by atomic mass is 35.5. The number of benzene rings is 1. The van der Waals surface area contributed by atoms with Crippen LogP contribution in [0.15, 0.2) is 36.4 Å². The zero-order valence-corrected chi connectivity index (χ0v) is 15.5. The average Bonchev–Trinajstić information content (AvgIpc) is 3.11. The van der Waals surface area contributed by atoms with Crippen molar-refractivity contribution in [3.05, 3.63) is 51.2 Å². The Bertz CT molecular complexity index is 846. The number of carbonyl (C=O) groups excluding carboxylic acids is 1. The molecule has 1 aliphatic heterocycles. The second-order valence-electron chi connectivity index (χ2n) is 5.66. The molecule has 5 nitrogen and oxygen atoms in total. The Balaban J connectivity index is 1.71. The van der Waals surface area contributed by atoms with Gasteiger partial charge in [0.2, 0.25) is 10.0 Å². The zero-order chi connectivity index (χ0) is 17.3. The summed E-state index contributed by atoms with van der Waals surface area (Å²) in [5.41, 5.74) is 1.14. The fourth-order valence-corrected chi connectivity index (χ4v) is 5.37. The summed E-state index contributed by atoms with van der Waals surface area (Å²) in [5.74, 6) is 0.0649. The third-order valence-corrected chi connectivity index (χ3v) is 6.96. The van der Waals surface area contributed by atoms with Crippen molar-refractivity contribution in [2.75, 3.05) is 23.7 Å². The lowest BCUT2D eigenvalue weighted by molar-refractivity contribution is 0.0786. The van der Waals surface area contributed by atoms with Crippen LogP contribution in [0.25, 0.3) is 0 Å². The molecular weight excluding hydrogens is 368 g/mol. The molecule has 1 fully saturated rings. The van der Waals surface area contributed by atoms with Crippen molar-refractivity contribution < 1.29 is 13.2 Å². The number of carbonyl (C=O) groups is 1. The number of hydrogen-bond donors (Lipinski definition) is 0. The highest BCUT2D eigenvalue weighted by Gasteiger charge is 2.28. The first kappa shape index (κ1) is 17.3. The van der Waals surface area contributed by atoms with Crippen LogP contribution in [0.3, 0.4) is 0 Å². The van der Waals surface area contributed by atoms with E-state index in [1.807, 2.05) is 12.1 Å². The minimum atomic E-state index is -3.20. The van der Waals surface area contributed by atoms with Crippen LogP contribution in [0.1, 0.15) is 21.7 Å². The molecule has 128 valence electrons. The van der Waals surface area contributed by atoms with Gasteiger partial charge in [-0.3, -0.25) is 9.10 Å². The maximum atomic E-state index is 12.5. The summed E-state index contributed by atoms with van der Waals surface area (Å²) in [6.07, 6.45) is 0.634. The fourth-order valence-electron chi connectivity index (χ4n) is 2.66. The van der Waals surface area contributed by atoms with Gasteiger partial charge in [0.05, 0.1) is 22.3 Å². The quantitative estimate of drug-likeness (QED) is 0.813. The highest BCUT2D eigenvalue weighted by Crippen LogP contribution is 2.25. The van der Waals surface area contributed by atoms with Crippen LogP contribution < -0.4 is 4.31 Å². The summed E-state index contributed by atoms with van der Waals surface area (Å²) >= 11 is 7.35. The molecule has 2 heterocycles. The highest BCUT2D eigenvalue weighted by molar-refractivity contribution is 7.93. The molecule has 0 radical (unpaired) electrons. The van der Waals surface area contributed by atoms with Crippen molar-refractivity contribution in [3.8, 4) is 0 Å². The summed E-state index contributed by atoms with van der Waals surface area (Å²) in [7, 11) is -1.47. The SMILES string of the molecule is CN(Cc1ccc(Cl)s1)C(=O)c1ccc(N2CCCS2(=O)=O)cc1. The Morgan fingerprint density at radius 1 is 1.25 bits per heavy atom. The van der Waals surface area contributed by atoms with Gasteiger partial charge in [0.1, 0.15) is 0 Å². The maximum Gasteiger partial charge on any atom is 0.253 e. The predicted octanol–water partition coefficient (Wildman–Crippen LogP) is 3.21. The van der Waals surface area contributed by atoms with E-state index in [0.29, 0.717) is 35.1 Å². The van der Waals surface area contributed by atoms with E-state index in [-0.39, 0.29) is 11.7 Å². The number of rotatable bonds is 4. The van der Waals surface area contributed by atoms with Crippen LogP contribution in [0.2, 0.25) is 4.34 Å². The maximum absolute atomic E-state index is 12.5. The van der Waals surface area contributed by atoms with E-state index in [9.17, 15) is 13.2 Å². The van der Waals surface area contributed by atoms with Crippen molar-refractivity contribution in [1.82, 2.24) is 4.90 Å². The Morgan fingerprint density at radius 3 is 2.50 bits per heavy atom. The van der Waals surface area contributed by atoms with Crippen LogP contribution in [0, 0.1) is 0 Å². The van der Waals surface area contributed by atoms with Gasteiger partial charge in [0, 0.05) is 24.0 Å². The summed E-state index contributed by atoms with van der Waals surface area (Å²) in [5, 5.41) is 0. The lowest BCUT2D eigenvalue weighted by atomic mass is 10.2. The Morgan fingerprint density at radius 2 is 1.96 bits per heavy atom. The van der Waals surface area contributed by atoms with E-state index in [4.69, 9.17) is 11.6 Å². The first-order valence-electron chi connectivity index (χ1n) is 7.47. The molecule has 8 heteroatoms. The molecule has 0 spiro atoms. The lowest BCUT2D eigenvalue weighted by Gasteiger charge is -2.19. The monoisotopic (exact) mass is 384 g/mol. The van der Waals surface area contributed by atoms with Gasteiger partial charge in [0.15, 0.2) is 0 Å². The van der Waals surface area contributed by atoms with Gasteiger partial charge in [-0.2, -0.15) is 0 Å². The van der Waals surface area contributed by atoms with Gasteiger partial charge < -0.3 is 4.90 Å². The van der Waals surface area contributed by atoms with Gasteiger partial charge in [-0.1, -0.05) is 11.6 Å². The number of sulfonamides is 1. The molecule has 2 aromatic rings. The lowest BCUT2D eigenvalue weighted by Crippen LogP contribution is -2.27. The molecule has 0 bridgehead atoms. The van der Waals surface area contributed by atoms with Crippen LogP contribution in [0.4, 0.5) is 5.69 Å². The number of nitrogens with zero attached hydrogens (tertiary/aromatic N) is 2. The third-order valence-electron chi connectivity index (χ3n) is 3.87. The van der Waals surface area contributed by atoms with Gasteiger partial charge in [-0.15, -0.1) is 11.3 Å². The number of anilines is 1. The van der Waals surface area contributed by atoms with Gasteiger partial charge in [-0.05, 0) is 42.8 Å². The molecule has 0 N–H and O–H groups in total. The predicted molar refractivity (Wildman–Crippen MR) is 97.3 cm³/mol. The molecule has 0 atom stereocenters. The first-order valence-corrected chi connectivity index (χ1v) is 10.3. The van der Waals surface area contributed by atoms with Gasteiger partial charge in [-0.25, -0.2) is 8.42 Å². The van der Waals surface area contributed by atoms with E-state index < -0.39 is 10.0 Å². The van der Waals surface area contributed by atoms with E-state index in [2.05, 4.69) is 0 Å². The molecule has 1 amide bonds. The summed E-state index contributed by atoms with van der Waals surface area (Å²) in [4.78, 5) is 15.1. The second kappa shape index (κ2) is 6.74. The van der Waals surface area contributed by atoms with Crippen molar-refractivity contribution in [3.63, 3.8) is 0 Å². The van der Waals surface area contributed by atoms with E-state index >= 15 is 0 Å². The number of halogens is 1. The molecule has 1 aromatic heterocycles. The van der Waals surface area contributed by atoms with E-state index in [1.54, 1.807) is 36.2 Å². The summed E-state index contributed by atoms with van der Waals surface area (Å²) in [6.45, 7) is 0.979. The third kappa shape index (κ3) is 3.58. The van der Waals surface area contributed by atoms with Crippen molar-refractivity contribution in [2.45, 2.75) is 13.0 Å². The smallest absolute Gasteiger partial charge is 0.253 e. The van der Waals surface area contributed by atoms with Crippen molar-refractivity contribution >= 4 is 44.6 Å². The Labute approximate surface area is 150 Å². The minimum Gasteiger partial charge on any atom is -0.337 e. The topological polar surface area (TPSA) is 57.7 Å². The van der Waals surface area contributed by atoms with Crippen LogP contribution in [-0.2, 0) is 16.6 Å². The molecular formula is C16H17ClN2O3S2. The molecule has 0 unspecified atom stereocenters. The fraction of sp³-hybridized carbons (Fsp3) is 0.312. The number of thiophene rings is 1. The molecule has 0 saturated carbocycles. The minimum absolute atomic E-state index is 0.115. The molecule has 0 aliphatic carbocycles. The number of amides is 1. The van der Waals surface area contributed by atoms with Crippen molar-refractivity contribution in [1.29, 1.82) is 0 Å². The first-order chi connectivity index (χ1) is 11.4. The molecule has 1 aromatic carbocycles. The van der Waals surface area contributed by atoms with E-state index in [1.165, 1.54) is 15.6 Å². The van der Waals surface area contributed by atoms with Crippen LogP contribution in [-0.4, -0.2) is 38.6 Å². The largest absolute Gasteiger partial charge is 0.337 e. The van der Waals surface area contributed by atoms with Crippen LogP contribution in [0.5, 0.6) is 0 Å². The van der Waals surface area contributed by atoms with Gasteiger partial charge in [0.25, 0.3) is 5.91 Å².